The largest absolute Gasteiger partial charge is 0.504 e. The number of carbonyl (C=O) groups excluding carboxylic acids is 1. The van der Waals surface area contributed by atoms with Crippen molar-refractivity contribution in [1.82, 2.24) is 0 Å². The molecular weight excluding hydrogens is 360 g/mol. The molecule has 0 heterocycles. The molecule has 29 heavy (non-hydrogen) atoms. The van der Waals surface area contributed by atoms with E-state index in [-0.39, 0.29) is 5.76 Å². The van der Waals surface area contributed by atoms with Crippen molar-refractivity contribution >= 4 is 5.78 Å². The van der Waals surface area contributed by atoms with Crippen molar-refractivity contribution in [2.24, 2.45) is 0 Å². The minimum Gasteiger partial charge on any atom is -0.504 e. The number of hydrogen-bond acceptors (Lipinski definition) is 3. The molecule has 3 aromatic carbocycles. The summed E-state index contributed by atoms with van der Waals surface area (Å²) in [7, 11) is 0. The first-order chi connectivity index (χ1) is 14.0. The molecule has 1 atom stereocenters. The van der Waals surface area contributed by atoms with E-state index in [1.54, 1.807) is 13.0 Å². The Hall–Kier alpha value is -3.43. The summed E-state index contributed by atoms with van der Waals surface area (Å²) in [4.78, 5) is 13.0. The van der Waals surface area contributed by atoms with Gasteiger partial charge in [0.1, 0.15) is 5.60 Å². The molecule has 0 bridgehead atoms. The Morgan fingerprint density at radius 3 is 1.72 bits per heavy atom. The van der Waals surface area contributed by atoms with Crippen LogP contribution in [-0.4, -0.2) is 16.0 Å². The van der Waals surface area contributed by atoms with Gasteiger partial charge in [0, 0.05) is 11.5 Å². The van der Waals surface area contributed by atoms with Crippen LogP contribution in [0.1, 0.15) is 29.5 Å². The summed E-state index contributed by atoms with van der Waals surface area (Å²) in [6, 6.07) is 28.1. The highest BCUT2D eigenvalue weighted by Crippen LogP contribution is 2.43. The van der Waals surface area contributed by atoms with Crippen LogP contribution in [-0.2, 0) is 10.4 Å². The van der Waals surface area contributed by atoms with Crippen LogP contribution in [0.15, 0.2) is 114 Å². The van der Waals surface area contributed by atoms with Gasteiger partial charge in [0.15, 0.2) is 5.76 Å². The van der Waals surface area contributed by atoms with Gasteiger partial charge < -0.3 is 10.2 Å². The van der Waals surface area contributed by atoms with Gasteiger partial charge in [0.25, 0.3) is 0 Å². The summed E-state index contributed by atoms with van der Waals surface area (Å²) in [5, 5.41) is 22.3. The average Bonchev–Trinajstić information content (AvgIpc) is 2.99. The van der Waals surface area contributed by atoms with Crippen LogP contribution in [0.2, 0.25) is 0 Å². The quantitative estimate of drug-likeness (QED) is 0.621. The molecule has 2 N–H and O–H groups in total. The van der Waals surface area contributed by atoms with Crippen LogP contribution in [0.4, 0.5) is 0 Å². The van der Waals surface area contributed by atoms with E-state index in [0.29, 0.717) is 22.3 Å². The zero-order chi connectivity index (χ0) is 20.4. The number of aliphatic hydroxyl groups is 2. The molecular formula is C26H22O3. The molecule has 3 aromatic rings. The molecule has 144 valence electrons. The third-order valence-electron chi connectivity index (χ3n) is 5.52. The fraction of sp³-hybridized carbons (Fsp3) is 0.115. The predicted molar refractivity (Wildman–Crippen MR) is 113 cm³/mol. The van der Waals surface area contributed by atoms with E-state index in [1.165, 1.54) is 0 Å². The van der Waals surface area contributed by atoms with Gasteiger partial charge in [-0.2, -0.15) is 0 Å². The van der Waals surface area contributed by atoms with Gasteiger partial charge in [-0.1, -0.05) is 91.0 Å². The molecule has 0 spiro atoms. The minimum absolute atomic E-state index is 0.242. The average molecular weight is 382 g/mol. The van der Waals surface area contributed by atoms with Crippen LogP contribution in [0.25, 0.3) is 0 Å². The highest BCUT2D eigenvalue weighted by molar-refractivity contribution is 6.12. The Morgan fingerprint density at radius 1 is 0.793 bits per heavy atom. The summed E-state index contributed by atoms with van der Waals surface area (Å²) in [6.45, 7) is 1.76. The van der Waals surface area contributed by atoms with Crippen molar-refractivity contribution in [2.75, 3.05) is 0 Å². The number of rotatable bonds is 4. The van der Waals surface area contributed by atoms with Gasteiger partial charge in [0.2, 0.25) is 5.78 Å². The second-order valence-electron chi connectivity index (χ2n) is 7.30. The van der Waals surface area contributed by atoms with E-state index >= 15 is 0 Å². The molecule has 3 heteroatoms. The fourth-order valence-corrected chi connectivity index (χ4v) is 3.98. The molecule has 0 saturated heterocycles. The van der Waals surface area contributed by atoms with E-state index in [2.05, 4.69) is 0 Å². The number of allylic oxidation sites excluding steroid dienone is 2. The van der Waals surface area contributed by atoms with Gasteiger partial charge in [0.05, 0.1) is 0 Å². The summed E-state index contributed by atoms with van der Waals surface area (Å²) in [5.41, 5.74) is 1.67. The Morgan fingerprint density at radius 2 is 1.24 bits per heavy atom. The Kier molecular flexibility index (Phi) is 4.91. The van der Waals surface area contributed by atoms with E-state index < -0.39 is 17.3 Å². The number of carbonyl (C=O) groups is 1. The molecule has 0 amide bonds. The summed E-state index contributed by atoms with van der Waals surface area (Å²) in [6.07, 6.45) is 1.60. The molecule has 3 nitrogen and oxygen atoms in total. The fourth-order valence-electron chi connectivity index (χ4n) is 3.98. The maximum Gasteiger partial charge on any atom is 0.224 e. The van der Waals surface area contributed by atoms with Gasteiger partial charge in [-0.25, -0.2) is 0 Å². The number of hydrogen-bond donors (Lipinski definition) is 2. The molecule has 4 rings (SSSR count). The number of Topliss-reactive ketones (excluding diaryl/α,β-unsaturated/α-hetero) is 1. The third-order valence-corrected chi connectivity index (χ3v) is 5.52. The van der Waals surface area contributed by atoms with Crippen molar-refractivity contribution in [3.63, 3.8) is 0 Å². The molecule has 0 fully saturated rings. The molecule has 1 aliphatic rings. The van der Waals surface area contributed by atoms with Crippen LogP contribution >= 0.6 is 0 Å². The third kappa shape index (κ3) is 3.30. The highest BCUT2D eigenvalue weighted by Gasteiger charge is 2.40. The number of aliphatic hydroxyl groups excluding tert-OH is 1. The summed E-state index contributed by atoms with van der Waals surface area (Å²) in [5.74, 6) is -1.09. The molecule has 0 aliphatic heterocycles. The molecule has 1 unspecified atom stereocenters. The first-order valence-corrected chi connectivity index (χ1v) is 9.58. The maximum atomic E-state index is 13.0. The van der Waals surface area contributed by atoms with Gasteiger partial charge in [-0.05, 0) is 35.3 Å². The smallest absolute Gasteiger partial charge is 0.224 e. The standard InChI is InChI=1S/C26H22O3/c1-18-23(19-11-5-2-6-12-19)22(25(28)24(18)27)17-26(29,20-13-7-3-8-14-20)21-15-9-4-10-16-21/h2-17,23,27,29H,1H3/b22-17+. The SMILES string of the molecule is CC1=C(O)C(=O)/C(=C/C(O)(c2ccccc2)c2ccccc2)C1c1ccccc1. The summed E-state index contributed by atoms with van der Waals surface area (Å²) < 4.78 is 0. The van der Waals surface area contributed by atoms with E-state index in [1.807, 2.05) is 91.0 Å². The Balaban J connectivity index is 1.93. The number of benzene rings is 3. The lowest BCUT2D eigenvalue weighted by Gasteiger charge is -2.28. The van der Waals surface area contributed by atoms with Crippen molar-refractivity contribution in [1.29, 1.82) is 0 Å². The normalized spacial score (nSPS) is 18.5. The van der Waals surface area contributed by atoms with Gasteiger partial charge in [-0.3, -0.25) is 4.79 Å². The molecule has 0 radical (unpaired) electrons. The maximum absolute atomic E-state index is 13.0. The summed E-state index contributed by atoms with van der Waals surface area (Å²) >= 11 is 0. The van der Waals surface area contributed by atoms with Crippen molar-refractivity contribution in [3.05, 3.63) is 131 Å². The lowest BCUT2D eigenvalue weighted by molar-refractivity contribution is -0.114. The Labute approximate surface area is 170 Å². The highest BCUT2D eigenvalue weighted by atomic mass is 16.3. The lowest BCUT2D eigenvalue weighted by atomic mass is 9.81. The van der Waals surface area contributed by atoms with E-state index in [9.17, 15) is 15.0 Å². The Bertz CT molecular complexity index is 1040. The van der Waals surface area contributed by atoms with Crippen molar-refractivity contribution in [3.8, 4) is 0 Å². The molecule has 0 saturated carbocycles. The molecule has 0 aromatic heterocycles. The van der Waals surface area contributed by atoms with Crippen LogP contribution < -0.4 is 0 Å². The van der Waals surface area contributed by atoms with Gasteiger partial charge >= 0.3 is 0 Å². The van der Waals surface area contributed by atoms with Crippen LogP contribution in [0.3, 0.4) is 0 Å². The monoisotopic (exact) mass is 382 g/mol. The van der Waals surface area contributed by atoms with E-state index in [0.717, 1.165) is 5.56 Å². The second kappa shape index (κ2) is 7.53. The van der Waals surface area contributed by atoms with Crippen LogP contribution in [0, 0.1) is 0 Å². The van der Waals surface area contributed by atoms with Gasteiger partial charge in [-0.15, -0.1) is 0 Å². The van der Waals surface area contributed by atoms with Crippen molar-refractivity contribution in [2.45, 2.75) is 18.4 Å². The zero-order valence-corrected chi connectivity index (χ0v) is 16.1. The predicted octanol–water partition coefficient (Wildman–Crippen LogP) is 5.05. The molecule has 1 aliphatic carbocycles. The number of ketones is 1. The second-order valence-corrected chi connectivity index (χ2v) is 7.30. The topological polar surface area (TPSA) is 57.5 Å². The lowest BCUT2D eigenvalue weighted by Crippen LogP contribution is -2.26. The van der Waals surface area contributed by atoms with Crippen LogP contribution in [0.5, 0.6) is 0 Å². The van der Waals surface area contributed by atoms with E-state index in [4.69, 9.17) is 0 Å². The zero-order valence-electron chi connectivity index (χ0n) is 16.1. The minimum atomic E-state index is -1.51. The van der Waals surface area contributed by atoms with Crippen molar-refractivity contribution < 1.29 is 15.0 Å². The first kappa shape index (κ1) is 18.9. The first-order valence-electron chi connectivity index (χ1n) is 9.58.